The number of thiophene rings is 1. The number of rotatable bonds is 4. The smallest absolute Gasteiger partial charge is 0.324 e. The largest absolute Gasteiger partial charge is 0.418 e. The maximum absolute atomic E-state index is 13.0. The molecular weight excluding hydrogens is 395 g/mol. The SMILES string of the molecule is O=C(CSc1ncnc2ccsc12)Nc1c(Cl)cccc1C(F)(F)F. The number of anilines is 1. The molecule has 130 valence electrons. The van der Waals surface area contributed by atoms with E-state index in [4.69, 9.17) is 11.6 Å². The van der Waals surface area contributed by atoms with E-state index in [9.17, 15) is 18.0 Å². The number of aromatic nitrogens is 2. The second-order valence-electron chi connectivity index (χ2n) is 4.81. The highest BCUT2D eigenvalue weighted by molar-refractivity contribution is 8.00. The molecule has 0 saturated heterocycles. The Morgan fingerprint density at radius 1 is 1.28 bits per heavy atom. The van der Waals surface area contributed by atoms with Gasteiger partial charge in [0.25, 0.3) is 0 Å². The summed E-state index contributed by atoms with van der Waals surface area (Å²) in [5, 5.41) is 4.53. The maximum atomic E-state index is 13.0. The molecule has 1 N–H and O–H groups in total. The van der Waals surface area contributed by atoms with E-state index >= 15 is 0 Å². The predicted molar refractivity (Wildman–Crippen MR) is 93.2 cm³/mol. The fraction of sp³-hybridized carbons (Fsp3) is 0.133. The fourth-order valence-electron chi connectivity index (χ4n) is 2.07. The number of amides is 1. The van der Waals surface area contributed by atoms with Crippen molar-refractivity contribution in [2.45, 2.75) is 11.2 Å². The lowest BCUT2D eigenvalue weighted by atomic mass is 10.1. The monoisotopic (exact) mass is 403 g/mol. The molecule has 2 heterocycles. The van der Waals surface area contributed by atoms with Gasteiger partial charge in [0.2, 0.25) is 5.91 Å². The van der Waals surface area contributed by atoms with Gasteiger partial charge in [0.1, 0.15) is 11.4 Å². The number of carbonyl (C=O) groups is 1. The van der Waals surface area contributed by atoms with E-state index in [0.29, 0.717) is 5.03 Å². The molecule has 0 bridgehead atoms. The van der Waals surface area contributed by atoms with E-state index in [2.05, 4.69) is 15.3 Å². The number of nitrogens with zero attached hydrogens (tertiary/aromatic N) is 2. The molecule has 0 aliphatic heterocycles. The normalized spacial score (nSPS) is 11.7. The average molecular weight is 404 g/mol. The molecule has 10 heteroatoms. The molecule has 0 atom stereocenters. The minimum atomic E-state index is -4.61. The Morgan fingerprint density at radius 2 is 2.08 bits per heavy atom. The van der Waals surface area contributed by atoms with Gasteiger partial charge in [-0.25, -0.2) is 9.97 Å². The van der Waals surface area contributed by atoms with E-state index in [1.807, 2.05) is 11.4 Å². The maximum Gasteiger partial charge on any atom is 0.418 e. The van der Waals surface area contributed by atoms with E-state index < -0.39 is 23.3 Å². The summed E-state index contributed by atoms with van der Waals surface area (Å²) in [4.78, 5) is 20.3. The van der Waals surface area contributed by atoms with E-state index in [1.54, 1.807) is 0 Å². The van der Waals surface area contributed by atoms with Crippen molar-refractivity contribution in [2.24, 2.45) is 0 Å². The topological polar surface area (TPSA) is 54.9 Å². The number of benzene rings is 1. The van der Waals surface area contributed by atoms with Crippen LogP contribution in [0.3, 0.4) is 0 Å². The molecule has 0 aliphatic rings. The molecule has 0 radical (unpaired) electrons. The van der Waals surface area contributed by atoms with Crippen LogP contribution in [0.2, 0.25) is 5.02 Å². The third kappa shape index (κ3) is 4.05. The van der Waals surface area contributed by atoms with Gasteiger partial charge in [-0.05, 0) is 23.6 Å². The minimum Gasteiger partial charge on any atom is -0.324 e. The quantitative estimate of drug-likeness (QED) is 0.486. The van der Waals surface area contributed by atoms with Crippen LogP contribution in [0, 0.1) is 0 Å². The van der Waals surface area contributed by atoms with E-state index in [0.717, 1.165) is 28.0 Å². The summed E-state index contributed by atoms with van der Waals surface area (Å²) in [6, 6.07) is 5.17. The number of thioether (sulfide) groups is 1. The zero-order valence-corrected chi connectivity index (χ0v) is 14.7. The molecule has 0 fully saturated rings. The van der Waals surface area contributed by atoms with Crippen LogP contribution in [0.1, 0.15) is 5.56 Å². The van der Waals surface area contributed by atoms with Gasteiger partial charge in [-0.2, -0.15) is 13.2 Å². The molecule has 0 spiro atoms. The fourth-order valence-corrected chi connectivity index (χ4v) is 4.03. The summed E-state index contributed by atoms with van der Waals surface area (Å²) in [6.07, 6.45) is -3.23. The van der Waals surface area contributed by atoms with Gasteiger partial charge in [-0.1, -0.05) is 29.4 Å². The zero-order chi connectivity index (χ0) is 18.0. The lowest BCUT2D eigenvalue weighted by Gasteiger charge is -2.15. The van der Waals surface area contributed by atoms with Crippen molar-refractivity contribution in [3.63, 3.8) is 0 Å². The van der Waals surface area contributed by atoms with Gasteiger partial charge in [-0.3, -0.25) is 4.79 Å². The second-order valence-corrected chi connectivity index (χ2v) is 7.10. The third-order valence-corrected chi connectivity index (χ3v) is 5.48. The van der Waals surface area contributed by atoms with Gasteiger partial charge < -0.3 is 5.32 Å². The molecule has 0 aliphatic carbocycles. The van der Waals surface area contributed by atoms with Crippen molar-refractivity contribution >= 4 is 56.5 Å². The number of alkyl halides is 3. The molecule has 3 rings (SSSR count). The first-order chi connectivity index (χ1) is 11.9. The number of hydrogen-bond acceptors (Lipinski definition) is 5. The number of hydrogen-bond donors (Lipinski definition) is 1. The van der Waals surface area contributed by atoms with Crippen LogP contribution < -0.4 is 5.32 Å². The highest BCUT2D eigenvalue weighted by Crippen LogP contribution is 2.38. The summed E-state index contributed by atoms with van der Waals surface area (Å²) < 4.78 is 39.9. The van der Waals surface area contributed by atoms with Crippen LogP contribution in [-0.2, 0) is 11.0 Å². The Morgan fingerprint density at radius 3 is 2.84 bits per heavy atom. The molecule has 2 aromatic heterocycles. The average Bonchev–Trinajstić information content (AvgIpc) is 3.03. The third-order valence-electron chi connectivity index (χ3n) is 3.13. The van der Waals surface area contributed by atoms with Gasteiger partial charge >= 0.3 is 6.18 Å². The molecule has 1 amide bonds. The van der Waals surface area contributed by atoms with Crippen LogP contribution in [0.25, 0.3) is 10.2 Å². The summed E-state index contributed by atoms with van der Waals surface area (Å²) in [5.74, 6) is -0.709. The predicted octanol–water partition coefficient (Wildman–Crippen LogP) is 5.09. The van der Waals surface area contributed by atoms with Crippen LogP contribution in [0.5, 0.6) is 0 Å². The number of halogens is 4. The summed E-state index contributed by atoms with van der Waals surface area (Å²) >= 11 is 8.37. The Kier molecular flexibility index (Phi) is 5.16. The van der Waals surface area contributed by atoms with Gasteiger partial charge in [-0.15, -0.1) is 11.3 Å². The van der Waals surface area contributed by atoms with Crippen LogP contribution in [-0.4, -0.2) is 21.6 Å². The van der Waals surface area contributed by atoms with E-state index in [1.165, 1.54) is 29.8 Å². The van der Waals surface area contributed by atoms with E-state index in [-0.39, 0.29) is 10.8 Å². The number of para-hydroxylation sites is 1. The molecular formula is C15H9ClF3N3OS2. The van der Waals surface area contributed by atoms with Crippen molar-refractivity contribution in [1.82, 2.24) is 9.97 Å². The number of fused-ring (bicyclic) bond motifs is 1. The second kappa shape index (κ2) is 7.19. The first kappa shape index (κ1) is 18.0. The first-order valence-corrected chi connectivity index (χ1v) is 9.07. The highest BCUT2D eigenvalue weighted by Gasteiger charge is 2.34. The van der Waals surface area contributed by atoms with Crippen molar-refractivity contribution in [1.29, 1.82) is 0 Å². The molecule has 0 saturated carbocycles. The van der Waals surface area contributed by atoms with Gasteiger partial charge in [0.15, 0.2) is 0 Å². The molecule has 4 nitrogen and oxygen atoms in total. The number of nitrogens with one attached hydrogen (secondary N) is 1. The highest BCUT2D eigenvalue weighted by atomic mass is 35.5. The molecule has 25 heavy (non-hydrogen) atoms. The summed E-state index contributed by atoms with van der Waals surface area (Å²) in [7, 11) is 0. The van der Waals surface area contributed by atoms with Crippen molar-refractivity contribution < 1.29 is 18.0 Å². The van der Waals surface area contributed by atoms with Crippen LogP contribution in [0.15, 0.2) is 41.0 Å². The Labute approximate surface area is 153 Å². The molecule has 1 aromatic carbocycles. The summed E-state index contributed by atoms with van der Waals surface area (Å²) in [5.41, 5.74) is -0.666. The summed E-state index contributed by atoms with van der Waals surface area (Å²) in [6.45, 7) is 0. The van der Waals surface area contributed by atoms with Gasteiger partial charge in [0, 0.05) is 0 Å². The minimum absolute atomic E-state index is 0.105. The first-order valence-electron chi connectivity index (χ1n) is 6.83. The molecule has 0 unspecified atom stereocenters. The van der Waals surface area contributed by atoms with Crippen LogP contribution >= 0.6 is 34.7 Å². The van der Waals surface area contributed by atoms with Gasteiger partial charge in [0.05, 0.1) is 32.2 Å². The zero-order valence-electron chi connectivity index (χ0n) is 12.3. The lowest BCUT2D eigenvalue weighted by molar-refractivity contribution is -0.137. The Bertz CT molecular complexity index is 930. The Hall–Kier alpha value is -1.84. The standard InChI is InChI=1S/C15H9ClF3N3OS2/c16-9-3-1-2-8(15(17,18)19)12(9)22-11(23)6-25-14-13-10(4-5-24-13)20-7-21-14/h1-5,7H,6H2,(H,22,23). The van der Waals surface area contributed by atoms with Crippen molar-refractivity contribution in [3.05, 3.63) is 46.6 Å². The van der Waals surface area contributed by atoms with Crippen LogP contribution in [0.4, 0.5) is 18.9 Å². The van der Waals surface area contributed by atoms with Crippen molar-refractivity contribution in [2.75, 3.05) is 11.1 Å². The van der Waals surface area contributed by atoms with Crippen molar-refractivity contribution in [3.8, 4) is 0 Å². The molecule has 3 aromatic rings. The Balaban J connectivity index is 1.75. The number of carbonyl (C=O) groups excluding carboxylic acids is 1. The lowest BCUT2D eigenvalue weighted by Crippen LogP contribution is -2.18.